The molecule has 0 radical (unpaired) electrons. The number of allylic oxidation sites excluding steroid dienone is 5. The number of carbonyl (C=O) groups is 1. The zero-order valence-electron chi connectivity index (χ0n) is 13.5. The van der Waals surface area contributed by atoms with Gasteiger partial charge in [-0.3, -0.25) is 4.79 Å². The number of rotatable bonds is 5. The van der Waals surface area contributed by atoms with Crippen LogP contribution >= 0.6 is 0 Å². The van der Waals surface area contributed by atoms with Crippen molar-refractivity contribution in [3.8, 4) is 0 Å². The van der Waals surface area contributed by atoms with Crippen molar-refractivity contribution in [2.45, 2.75) is 6.42 Å². The van der Waals surface area contributed by atoms with Crippen molar-refractivity contribution >= 4 is 17.7 Å². The first-order chi connectivity index (χ1) is 12.2. The molecule has 0 heterocycles. The Labute approximate surface area is 145 Å². The van der Waals surface area contributed by atoms with Gasteiger partial charge < -0.3 is 10.7 Å². The minimum Gasteiger partial charge on any atom is -0.359 e. The van der Waals surface area contributed by atoms with Crippen molar-refractivity contribution in [1.29, 1.82) is 5.41 Å². The van der Waals surface area contributed by atoms with Crippen LogP contribution in [0.1, 0.15) is 15.9 Å². The summed E-state index contributed by atoms with van der Waals surface area (Å²) in [5.41, 5.74) is 3.84. The highest BCUT2D eigenvalue weighted by atomic mass is 19.1. The molecule has 2 N–H and O–H groups in total. The van der Waals surface area contributed by atoms with E-state index in [9.17, 15) is 9.18 Å². The molecule has 0 unspecified atom stereocenters. The lowest BCUT2D eigenvalue weighted by Crippen LogP contribution is -2.05. The molecule has 0 saturated carbocycles. The van der Waals surface area contributed by atoms with Crippen LogP contribution in [-0.2, 0) is 6.42 Å². The van der Waals surface area contributed by atoms with Gasteiger partial charge in [-0.2, -0.15) is 0 Å². The first kappa shape index (κ1) is 16.6. The summed E-state index contributed by atoms with van der Waals surface area (Å²) in [6.07, 6.45) is 8.55. The highest BCUT2D eigenvalue weighted by Gasteiger charge is 2.09. The fraction of sp³-hybridized carbons (Fsp3) is 0.0476. The minimum atomic E-state index is -0.507. The van der Waals surface area contributed by atoms with Crippen molar-refractivity contribution < 1.29 is 9.18 Å². The van der Waals surface area contributed by atoms with Gasteiger partial charge in [-0.15, -0.1) is 0 Å². The van der Waals surface area contributed by atoms with Crippen LogP contribution in [0.4, 0.5) is 10.1 Å². The Balaban J connectivity index is 1.78. The van der Waals surface area contributed by atoms with E-state index < -0.39 is 5.82 Å². The largest absolute Gasteiger partial charge is 0.359 e. The van der Waals surface area contributed by atoms with Crippen molar-refractivity contribution in [3.63, 3.8) is 0 Å². The maximum Gasteiger partial charge on any atom is 0.150 e. The van der Waals surface area contributed by atoms with E-state index in [-0.39, 0.29) is 11.3 Å². The third-order valence-corrected chi connectivity index (χ3v) is 3.88. The van der Waals surface area contributed by atoms with Crippen LogP contribution in [0.2, 0.25) is 0 Å². The Morgan fingerprint density at radius 1 is 1.08 bits per heavy atom. The smallest absolute Gasteiger partial charge is 0.150 e. The van der Waals surface area contributed by atoms with Crippen LogP contribution in [0.5, 0.6) is 0 Å². The van der Waals surface area contributed by atoms with E-state index in [0.717, 1.165) is 12.0 Å². The molecule has 0 saturated heterocycles. The zero-order chi connectivity index (χ0) is 17.6. The van der Waals surface area contributed by atoms with E-state index >= 15 is 0 Å². The van der Waals surface area contributed by atoms with Gasteiger partial charge in [0.2, 0.25) is 0 Å². The Morgan fingerprint density at radius 3 is 2.60 bits per heavy atom. The summed E-state index contributed by atoms with van der Waals surface area (Å²) in [4.78, 5) is 10.7. The van der Waals surface area contributed by atoms with Crippen LogP contribution < -0.4 is 5.32 Å². The lowest BCUT2D eigenvalue weighted by molar-refractivity contribution is 0.112. The molecule has 3 nitrogen and oxygen atoms in total. The molecule has 2 aromatic carbocycles. The van der Waals surface area contributed by atoms with Gasteiger partial charge in [-0.25, -0.2) is 4.39 Å². The SMILES string of the molecule is N=C1C=CC(Cc2ccccc2)=C/C1=C/Nc1ccc(C=O)cc1F. The minimum absolute atomic E-state index is 0.262. The predicted molar refractivity (Wildman–Crippen MR) is 98.6 cm³/mol. The molecule has 0 aliphatic heterocycles. The normalized spacial score (nSPS) is 15.2. The molecule has 1 aliphatic rings. The number of halogens is 1. The van der Waals surface area contributed by atoms with E-state index in [1.165, 1.54) is 17.7 Å². The van der Waals surface area contributed by atoms with E-state index in [1.54, 1.807) is 18.3 Å². The zero-order valence-corrected chi connectivity index (χ0v) is 13.5. The molecule has 4 heteroatoms. The van der Waals surface area contributed by atoms with Gasteiger partial charge in [0.25, 0.3) is 0 Å². The topological polar surface area (TPSA) is 53.0 Å². The van der Waals surface area contributed by atoms with Crippen LogP contribution in [-0.4, -0.2) is 12.0 Å². The number of anilines is 1. The van der Waals surface area contributed by atoms with Crippen LogP contribution in [0.25, 0.3) is 0 Å². The second-order valence-electron chi connectivity index (χ2n) is 5.73. The molecule has 3 rings (SSSR count). The van der Waals surface area contributed by atoms with Crippen molar-refractivity contribution in [1.82, 2.24) is 0 Å². The van der Waals surface area contributed by atoms with Crippen molar-refractivity contribution in [2.75, 3.05) is 5.32 Å². The molecule has 2 aromatic rings. The van der Waals surface area contributed by atoms with Gasteiger partial charge in [0, 0.05) is 17.3 Å². The summed E-state index contributed by atoms with van der Waals surface area (Å²) >= 11 is 0. The first-order valence-corrected chi connectivity index (χ1v) is 7.88. The molecule has 1 aliphatic carbocycles. The Hall–Kier alpha value is -3.27. The molecule has 0 fully saturated rings. The summed E-state index contributed by atoms with van der Waals surface area (Å²) < 4.78 is 13.9. The van der Waals surface area contributed by atoms with Gasteiger partial charge in [-0.1, -0.05) is 36.4 Å². The Morgan fingerprint density at radius 2 is 1.88 bits per heavy atom. The predicted octanol–water partition coefficient (Wildman–Crippen LogP) is 4.69. The molecule has 0 bridgehead atoms. The fourth-order valence-corrected chi connectivity index (χ4v) is 2.55. The number of carbonyl (C=O) groups excluding carboxylic acids is 1. The van der Waals surface area contributed by atoms with Gasteiger partial charge in [0.1, 0.15) is 12.1 Å². The third-order valence-electron chi connectivity index (χ3n) is 3.88. The summed E-state index contributed by atoms with van der Waals surface area (Å²) in [6.45, 7) is 0. The number of hydrogen-bond acceptors (Lipinski definition) is 3. The van der Waals surface area contributed by atoms with Crippen molar-refractivity contribution in [3.05, 3.63) is 101 Å². The lowest BCUT2D eigenvalue weighted by Gasteiger charge is -2.12. The molecular weight excluding hydrogens is 315 g/mol. The van der Waals surface area contributed by atoms with Crippen LogP contribution in [0.15, 0.2) is 84.1 Å². The average Bonchev–Trinajstić information content (AvgIpc) is 2.63. The van der Waals surface area contributed by atoms with E-state index in [0.29, 0.717) is 17.6 Å². The van der Waals surface area contributed by atoms with E-state index in [2.05, 4.69) is 17.4 Å². The number of hydrogen-bond donors (Lipinski definition) is 2. The fourth-order valence-electron chi connectivity index (χ4n) is 2.55. The molecule has 25 heavy (non-hydrogen) atoms. The van der Waals surface area contributed by atoms with Crippen LogP contribution in [0, 0.1) is 11.2 Å². The van der Waals surface area contributed by atoms with Crippen LogP contribution in [0.3, 0.4) is 0 Å². The molecule has 0 spiro atoms. The van der Waals surface area contributed by atoms with E-state index in [4.69, 9.17) is 5.41 Å². The molecule has 0 aromatic heterocycles. The quantitative estimate of drug-likeness (QED) is 0.780. The molecule has 124 valence electrons. The maximum atomic E-state index is 13.9. The average molecular weight is 332 g/mol. The summed E-state index contributed by atoms with van der Waals surface area (Å²) in [5, 5.41) is 10.9. The van der Waals surface area contributed by atoms with Gasteiger partial charge in [-0.05, 0) is 47.9 Å². The Kier molecular flexibility index (Phi) is 5.00. The monoisotopic (exact) mass is 332 g/mol. The molecule has 0 atom stereocenters. The summed E-state index contributed by atoms with van der Waals surface area (Å²) in [5.74, 6) is -0.507. The summed E-state index contributed by atoms with van der Waals surface area (Å²) in [7, 11) is 0. The first-order valence-electron chi connectivity index (χ1n) is 7.88. The van der Waals surface area contributed by atoms with E-state index in [1.807, 2.05) is 30.4 Å². The van der Waals surface area contributed by atoms with Gasteiger partial charge in [0.05, 0.1) is 11.4 Å². The number of aldehydes is 1. The maximum absolute atomic E-state index is 13.9. The Bertz CT molecular complexity index is 895. The number of benzene rings is 2. The number of nitrogens with one attached hydrogen (secondary N) is 2. The summed E-state index contributed by atoms with van der Waals surface area (Å²) in [6, 6.07) is 14.3. The highest BCUT2D eigenvalue weighted by Crippen LogP contribution is 2.19. The van der Waals surface area contributed by atoms with Gasteiger partial charge in [0.15, 0.2) is 0 Å². The second kappa shape index (κ2) is 7.53. The van der Waals surface area contributed by atoms with Gasteiger partial charge >= 0.3 is 0 Å². The highest BCUT2D eigenvalue weighted by molar-refractivity contribution is 6.10. The lowest BCUT2D eigenvalue weighted by atomic mass is 9.96. The standard InChI is InChI=1S/C21H17FN2O/c22-19-12-17(14-25)7-9-21(19)24-13-18-11-16(6-8-20(18)23)10-15-4-2-1-3-5-15/h1-9,11-14,23-24H,10H2/b18-13-,23-20?. The van der Waals surface area contributed by atoms with Crippen molar-refractivity contribution in [2.24, 2.45) is 0 Å². The molecular formula is C21H17FN2O. The third kappa shape index (κ3) is 4.18. The second-order valence-corrected chi connectivity index (χ2v) is 5.73. The molecule has 0 amide bonds.